The highest BCUT2D eigenvalue weighted by Crippen LogP contribution is 2.38. The van der Waals surface area contributed by atoms with Crippen molar-refractivity contribution in [2.75, 3.05) is 0 Å². The van der Waals surface area contributed by atoms with E-state index in [9.17, 15) is 0 Å². The molecule has 0 aliphatic heterocycles. The van der Waals surface area contributed by atoms with E-state index in [4.69, 9.17) is 46.4 Å². The summed E-state index contributed by atoms with van der Waals surface area (Å²) in [4.78, 5) is 0. The zero-order valence-electron chi connectivity index (χ0n) is 17.3. The van der Waals surface area contributed by atoms with E-state index in [1.165, 1.54) is 22.3 Å². The predicted molar refractivity (Wildman–Crippen MR) is 139 cm³/mol. The lowest BCUT2D eigenvalue weighted by molar-refractivity contribution is 0.612. The number of rotatable bonds is 7. The molecule has 0 spiro atoms. The van der Waals surface area contributed by atoms with E-state index in [2.05, 4.69) is 24.3 Å². The van der Waals surface area contributed by atoms with Gasteiger partial charge in [0.05, 0.1) is 0 Å². The van der Waals surface area contributed by atoms with Crippen LogP contribution in [0.5, 0.6) is 0 Å². The molecule has 0 aromatic heterocycles. The highest BCUT2D eigenvalue weighted by molar-refractivity contribution is 6.31. The van der Waals surface area contributed by atoms with Crippen LogP contribution < -0.4 is 0 Å². The summed E-state index contributed by atoms with van der Waals surface area (Å²) in [5.41, 5.74) is 4.71. The molecule has 0 saturated heterocycles. The van der Waals surface area contributed by atoms with Crippen molar-refractivity contribution < 1.29 is 0 Å². The molecule has 0 unspecified atom stereocenters. The van der Waals surface area contributed by atoms with E-state index in [-0.39, 0.29) is 11.8 Å². The van der Waals surface area contributed by atoms with Crippen molar-refractivity contribution in [1.82, 2.24) is 0 Å². The molecule has 0 heterocycles. The Bertz CT molecular complexity index is 1020. The van der Waals surface area contributed by atoms with Gasteiger partial charge in [-0.25, -0.2) is 0 Å². The normalized spacial score (nSPS) is 11.3. The van der Waals surface area contributed by atoms with Crippen molar-refractivity contribution in [3.63, 3.8) is 0 Å². The molecule has 0 atom stereocenters. The van der Waals surface area contributed by atoms with E-state index in [1.54, 1.807) is 0 Å². The predicted octanol–water partition coefficient (Wildman–Crippen LogP) is 10.0. The van der Waals surface area contributed by atoms with Gasteiger partial charge in [-0.1, -0.05) is 94.9 Å². The lowest BCUT2D eigenvalue weighted by Crippen LogP contribution is -2.07. The molecular weight excluding hydrogens is 478 g/mol. The molecule has 0 bridgehead atoms. The van der Waals surface area contributed by atoms with Crippen LogP contribution in [0.15, 0.2) is 97.1 Å². The molecule has 4 heteroatoms. The van der Waals surface area contributed by atoms with Gasteiger partial charge < -0.3 is 0 Å². The molecule has 4 aromatic carbocycles. The Kier molecular flexibility index (Phi) is 7.81. The van der Waals surface area contributed by atoms with Crippen molar-refractivity contribution in [3.05, 3.63) is 139 Å². The van der Waals surface area contributed by atoms with Crippen LogP contribution in [-0.2, 0) is 0 Å². The molecule has 162 valence electrons. The Morgan fingerprint density at radius 3 is 0.875 bits per heavy atom. The quantitative estimate of drug-likeness (QED) is 0.237. The average molecular weight is 500 g/mol. The summed E-state index contributed by atoms with van der Waals surface area (Å²) in [6.07, 6.45) is 1.81. The van der Waals surface area contributed by atoms with Gasteiger partial charge in [0.15, 0.2) is 0 Å². The van der Waals surface area contributed by atoms with Crippen LogP contribution >= 0.6 is 46.4 Å². The minimum Gasteiger partial charge on any atom is -0.0843 e. The Balaban J connectivity index is 1.71. The first kappa shape index (κ1) is 23.2. The summed E-state index contributed by atoms with van der Waals surface area (Å²) in [6, 6.07) is 32.3. The minimum atomic E-state index is 0.160. The molecule has 0 radical (unpaired) electrons. The fourth-order valence-corrected chi connectivity index (χ4v) is 5.07. The lowest BCUT2D eigenvalue weighted by Gasteiger charge is -2.24. The van der Waals surface area contributed by atoms with Gasteiger partial charge in [-0.15, -0.1) is 0 Å². The van der Waals surface area contributed by atoms with Crippen molar-refractivity contribution in [2.45, 2.75) is 24.7 Å². The summed E-state index contributed by atoms with van der Waals surface area (Å²) < 4.78 is 0. The zero-order chi connectivity index (χ0) is 22.5. The first-order valence-corrected chi connectivity index (χ1v) is 12.0. The molecular formula is C28H22Cl4. The van der Waals surface area contributed by atoms with E-state index < -0.39 is 0 Å². The lowest BCUT2D eigenvalue weighted by atomic mass is 9.81. The standard InChI is InChI=1S/C28H22Cl4/c29-23-9-1-5-19(15-23)27(20-6-2-10-24(30)16-20)13-14-28(21-7-3-11-25(31)17-21)22-8-4-12-26(32)18-22/h1-12,15-18,27-28H,13-14H2. The van der Waals surface area contributed by atoms with E-state index in [0.29, 0.717) is 0 Å². The second-order valence-electron chi connectivity index (χ2n) is 7.90. The highest BCUT2D eigenvalue weighted by atomic mass is 35.5. The van der Waals surface area contributed by atoms with Crippen molar-refractivity contribution in [2.24, 2.45) is 0 Å². The number of benzene rings is 4. The molecule has 0 N–H and O–H groups in total. The zero-order valence-corrected chi connectivity index (χ0v) is 20.3. The summed E-state index contributed by atoms with van der Waals surface area (Å²) in [5, 5.41) is 2.93. The SMILES string of the molecule is Clc1cccc(C(CCC(c2cccc(Cl)c2)c2cccc(Cl)c2)c2cccc(Cl)c2)c1. The molecule has 0 saturated carbocycles. The van der Waals surface area contributed by atoms with Gasteiger partial charge in [0.25, 0.3) is 0 Å². The molecule has 0 fully saturated rings. The molecule has 0 aliphatic rings. The number of halogens is 4. The first-order chi connectivity index (χ1) is 15.5. The van der Waals surface area contributed by atoms with E-state index >= 15 is 0 Å². The summed E-state index contributed by atoms with van der Waals surface area (Å²) in [7, 11) is 0. The van der Waals surface area contributed by atoms with Crippen LogP contribution in [0.1, 0.15) is 46.9 Å². The maximum atomic E-state index is 6.34. The highest BCUT2D eigenvalue weighted by Gasteiger charge is 2.21. The van der Waals surface area contributed by atoms with E-state index in [0.717, 1.165) is 32.9 Å². The van der Waals surface area contributed by atoms with Crippen molar-refractivity contribution in [1.29, 1.82) is 0 Å². The van der Waals surface area contributed by atoms with Crippen LogP contribution in [0.3, 0.4) is 0 Å². The Labute approximate surface area is 209 Å². The van der Waals surface area contributed by atoms with Gasteiger partial charge in [0.2, 0.25) is 0 Å². The average Bonchev–Trinajstić information content (AvgIpc) is 2.77. The van der Waals surface area contributed by atoms with Crippen molar-refractivity contribution in [3.8, 4) is 0 Å². The van der Waals surface area contributed by atoms with Crippen LogP contribution in [0.25, 0.3) is 0 Å². The molecule has 4 rings (SSSR count). The summed E-state index contributed by atoms with van der Waals surface area (Å²) in [5.74, 6) is 0.321. The third-order valence-electron chi connectivity index (χ3n) is 5.75. The number of hydrogen-bond donors (Lipinski definition) is 0. The molecule has 32 heavy (non-hydrogen) atoms. The second-order valence-corrected chi connectivity index (χ2v) is 9.65. The van der Waals surface area contributed by atoms with Crippen molar-refractivity contribution >= 4 is 46.4 Å². The Hall–Kier alpha value is -1.96. The molecule has 0 amide bonds. The molecule has 0 nitrogen and oxygen atoms in total. The fourth-order valence-electron chi connectivity index (χ4n) is 4.28. The number of hydrogen-bond acceptors (Lipinski definition) is 0. The fraction of sp³-hybridized carbons (Fsp3) is 0.143. The molecule has 4 aromatic rings. The van der Waals surface area contributed by atoms with Crippen LogP contribution in [0.2, 0.25) is 20.1 Å². The third-order valence-corrected chi connectivity index (χ3v) is 6.69. The van der Waals surface area contributed by atoms with Crippen LogP contribution in [0, 0.1) is 0 Å². The largest absolute Gasteiger partial charge is 0.0843 e. The maximum Gasteiger partial charge on any atom is 0.0408 e. The van der Waals surface area contributed by atoms with Gasteiger partial charge >= 0.3 is 0 Å². The van der Waals surface area contributed by atoms with Gasteiger partial charge in [-0.3, -0.25) is 0 Å². The van der Waals surface area contributed by atoms with E-state index in [1.807, 2.05) is 72.8 Å². The Morgan fingerprint density at radius 1 is 0.406 bits per heavy atom. The van der Waals surface area contributed by atoms with Gasteiger partial charge in [0, 0.05) is 31.9 Å². The van der Waals surface area contributed by atoms with Gasteiger partial charge in [-0.2, -0.15) is 0 Å². The summed E-state index contributed by atoms with van der Waals surface area (Å²) in [6.45, 7) is 0. The smallest absolute Gasteiger partial charge is 0.0408 e. The topological polar surface area (TPSA) is 0 Å². The van der Waals surface area contributed by atoms with Crippen LogP contribution in [0.4, 0.5) is 0 Å². The minimum absolute atomic E-state index is 0.160. The third kappa shape index (κ3) is 5.88. The molecule has 0 aliphatic carbocycles. The first-order valence-electron chi connectivity index (χ1n) is 10.5. The van der Waals surface area contributed by atoms with Gasteiger partial charge in [0.1, 0.15) is 0 Å². The van der Waals surface area contributed by atoms with Gasteiger partial charge in [-0.05, 0) is 83.6 Å². The Morgan fingerprint density at radius 2 is 0.656 bits per heavy atom. The van der Waals surface area contributed by atoms with Crippen LogP contribution in [-0.4, -0.2) is 0 Å². The maximum absolute atomic E-state index is 6.34. The second kappa shape index (κ2) is 10.8. The monoisotopic (exact) mass is 498 g/mol. The summed E-state index contributed by atoms with van der Waals surface area (Å²) >= 11 is 25.4.